The molecule has 0 aromatic heterocycles. The largest absolute Gasteiger partial charge is 0.337 e. The van der Waals surface area contributed by atoms with Crippen molar-refractivity contribution in [1.82, 2.24) is 9.80 Å². The van der Waals surface area contributed by atoms with Crippen LogP contribution in [-0.4, -0.2) is 67.9 Å². The summed E-state index contributed by atoms with van der Waals surface area (Å²) < 4.78 is 23.7. The predicted molar refractivity (Wildman–Crippen MR) is 79.3 cm³/mol. The zero-order valence-electron chi connectivity index (χ0n) is 12.5. The molecule has 2 heterocycles. The third-order valence-electron chi connectivity index (χ3n) is 4.50. The van der Waals surface area contributed by atoms with Crippen LogP contribution in [0, 0.1) is 0 Å². The van der Waals surface area contributed by atoms with E-state index in [0.717, 1.165) is 32.4 Å². The van der Waals surface area contributed by atoms with Crippen molar-refractivity contribution in [2.45, 2.75) is 51.1 Å². The van der Waals surface area contributed by atoms with Crippen LogP contribution in [0.5, 0.6) is 0 Å². The van der Waals surface area contributed by atoms with E-state index in [2.05, 4.69) is 11.9 Å². The van der Waals surface area contributed by atoms with E-state index in [9.17, 15) is 13.2 Å². The summed E-state index contributed by atoms with van der Waals surface area (Å²) in [7, 11) is -1.13. The minimum atomic E-state index is -3.23. The molecule has 2 saturated heterocycles. The number of amides is 1. The van der Waals surface area contributed by atoms with Crippen LogP contribution in [0.15, 0.2) is 0 Å². The van der Waals surface area contributed by atoms with Crippen LogP contribution in [0.2, 0.25) is 0 Å². The third kappa shape index (κ3) is 3.52. The quantitative estimate of drug-likeness (QED) is 0.757. The summed E-state index contributed by atoms with van der Waals surface area (Å²) >= 11 is 0. The molecule has 0 bridgehead atoms. The molecule has 0 aliphatic carbocycles. The second kappa shape index (κ2) is 6.43. The first-order chi connectivity index (χ1) is 9.44. The highest BCUT2D eigenvalue weighted by atomic mass is 32.2. The van der Waals surface area contributed by atoms with Gasteiger partial charge in [0, 0.05) is 18.6 Å². The van der Waals surface area contributed by atoms with Crippen molar-refractivity contribution in [3.63, 3.8) is 0 Å². The van der Waals surface area contributed by atoms with Gasteiger partial charge in [0.15, 0.2) is 9.84 Å². The Morgan fingerprint density at radius 1 is 1.15 bits per heavy atom. The minimum Gasteiger partial charge on any atom is -0.337 e. The zero-order valence-corrected chi connectivity index (χ0v) is 13.4. The van der Waals surface area contributed by atoms with Gasteiger partial charge in [-0.05, 0) is 45.7 Å². The van der Waals surface area contributed by atoms with Crippen molar-refractivity contribution in [3.8, 4) is 0 Å². The molecule has 20 heavy (non-hydrogen) atoms. The molecule has 116 valence electrons. The number of hydrogen-bond acceptors (Lipinski definition) is 4. The molecule has 5 nitrogen and oxygen atoms in total. The van der Waals surface area contributed by atoms with Gasteiger partial charge in [0.2, 0.25) is 5.91 Å². The van der Waals surface area contributed by atoms with E-state index in [1.165, 1.54) is 6.42 Å². The van der Waals surface area contributed by atoms with Gasteiger partial charge in [-0.25, -0.2) is 8.42 Å². The summed E-state index contributed by atoms with van der Waals surface area (Å²) in [4.78, 5) is 16.5. The van der Waals surface area contributed by atoms with Crippen LogP contribution >= 0.6 is 0 Å². The maximum atomic E-state index is 12.3. The summed E-state index contributed by atoms with van der Waals surface area (Å²) in [6.07, 6.45) is 4.87. The maximum absolute atomic E-state index is 12.3. The second-order valence-corrected chi connectivity index (χ2v) is 8.26. The molecule has 0 saturated carbocycles. The number of nitrogens with zero attached hydrogens (tertiary/aromatic N) is 2. The molecule has 6 heteroatoms. The number of likely N-dealkylation sites (tertiary alicyclic amines) is 2. The first kappa shape index (κ1) is 15.8. The molecule has 1 amide bonds. The Hall–Kier alpha value is -0.620. The molecule has 0 aromatic rings. The molecule has 0 N–H and O–H groups in total. The van der Waals surface area contributed by atoms with E-state index in [1.54, 1.807) is 0 Å². The Morgan fingerprint density at radius 2 is 1.80 bits per heavy atom. The molecule has 0 radical (unpaired) electrons. The molecule has 0 unspecified atom stereocenters. The fourth-order valence-electron chi connectivity index (χ4n) is 3.58. The number of rotatable bonds is 5. The number of carbonyl (C=O) groups is 1. The molecule has 2 rings (SSSR count). The van der Waals surface area contributed by atoms with E-state index >= 15 is 0 Å². The Morgan fingerprint density at radius 3 is 2.40 bits per heavy atom. The van der Waals surface area contributed by atoms with E-state index in [0.29, 0.717) is 12.5 Å². The van der Waals surface area contributed by atoms with Crippen molar-refractivity contribution in [1.29, 1.82) is 0 Å². The average molecular weight is 302 g/mol. The van der Waals surface area contributed by atoms with Gasteiger partial charge in [0.05, 0.1) is 5.75 Å². The fourth-order valence-corrected chi connectivity index (χ4v) is 4.89. The van der Waals surface area contributed by atoms with Crippen LogP contribution in [0.4, 0.5) is 0 Å². The SMILES string of the molecule is CCCS(=O)(=O)CC(=O)N1CCC[C@@H]1[C@H]1CCCN1C. The first-order valence-corrected chi connectivity index (χ1v) is 9.47. The molecule has 0 spiro atoms. The second-order valence-electron chi connectivity index (χ2n) is 6.08. The van der Waals surface area contributed by atoms with Crippen molar-refractivity contribution >= 4 is 15.7 Å². The predicted octanol–water partition coefficient (Wildman–Crippen LogP) is 0.896. The highest BCUT2D eigenvalue weighted by Crippen LogP contribution is 2.29. The van der Waals surface area contributed by atoms with Gasteiger partial charge < -0.3 is 9.80 Å². The monoisotopic (exact) mass is 302 g/mol. The Labute approximate surface area is 122 Å². The summed E-state index contributed by atoms with van der Waals surface area (Å²) in [5.41, 5.74) is 0. The summed E-state index contributed by atoms with van der Waals surface area (Å²) in [6, 6.07) is 0.627. The Bertz CT molecular complexity index is 449. The molecular formula is C14H26N2O3S. The van der Waals surface area contributed by atoms with E-state index < -0.39 is 9.84 Å². The number of hydrogen-bond donors (Lipinski definition) is 0. The molecule has 2 fully saturated rings. The van der Waals surface area contributed by atoms with E-state index in [4.69, 9.17) is 0 Å². The van der Waals surface area contributed by atoms with Gasteiger partial charge in [-0.1, -0.05) is 6.92 Å². The number of carbonyl (C=O) groups excluding carboxylic acids is 1. The van der Waals surface area contributed by atoms with Gasteiger partial charge >= 0.3 is 0 Å². The first-order valence-electron chi connectivity index (χ1n) is 7.64. The molecule has 0 aromatic carbocycles. The van der Waals surface area contributed by atoms with Crippen LogP contribution < -0.4 is 0 Å². The lowest BCUT2D eigenvalue weighted by molar-refractivity contribution is -0.130. The van der Waals surface area contributed by atoms with Crippen molar-refractivity contribution in [3.05, 3.63) is 0 Å². The average Bonchev–Trinajstić information content (AvgIpc) is 2.95. The van der Waals surface area contributed by atoms with Crippen LogP contribution in [-0.2, 0) is 14.6 Å². The summed E-state index contributed by atoms with van der Waals surface area (Å²) in [5.74, 6) is -0.393. The molecular weight excluding hydrogens is 276 g/mol. The highest BCUT2D eigenvalue weighted by molar-refractivity contribution is 7.92. The minimum absolute atomic E-state index is 0.112. The van der Waals surface area contributed by atoms with E-state index in [-0.39, 0.29) is 23.5 Å². The standard InChI is InChI=1S/C14H26N2O3S/c1-3-10-20(18,19)11-14(17)16-9-5-7-13(16)12-6-4-8-15(12)2/h12-13H,3-11H2,1-2H3/t12-,13-/m1/s1. The number of sulfone groups is 1. The third-order valence-corrected chi connectivity index (χ3v) is 6.22. The van der Waals surface area contributed by atoms with Crippen molar-refractivity contribution in [2.75, 3.05) is 31.6 Å². The maximum Gasteiger partial charge on any atom is 0.238 e. The van der Waals surface area contributed by atoms with Gasteiger partial charge in [-0.3, -0.25) is 4.79 Å². The lowest BCUT2D eigenvalue weighted by Gasteiger charge is -2.33. The van der Waals surface area contributed by atoms with E-state index in [1.807, 2.05) is 11.8 Å². The molecule has 2 aliphatic rings. The fraction of sp³-hybridized carbons (Fsp3) is 0.929. The molecule has 2 aliphatic heterocycles. The summed E-state index contributed by atoms with van der Waals surface area (Å²) in [5, 5.41) is 0. The van der Waals surface area contributed by atoms with Gasteiger partial charge in [-0.15, -0.1) is 0 Å². The Balaban J connectivity index is 2.01. The van der Waals surface area contributed by atoms with Crippen LogP contribution in [0.1, 0.15) is 39.0 Å². The van der Waals surface area contributed by atoms with Gasteiger partial charge in [-0.2, -0.15) is 0 Å². The summed E-state index contributed by atoms with van der Waals surface area (Å²) in [6.45, 7) is 3.63. The van der Waals surface area contributed by atoms with Crippen molar-refractivity contribution in [2.24, 2.45) is 0 Å². The van der Waals surface area contributed by atoms with Gasteiger partial charge in [0.25, 0.3) is 0 Å². The number of likely N-dealkylation sites (N-methyl/N-ethyl adjacent to an activating group) is 1. The topological polar surface area (TPSA) is 57.7 Å². The molecule has 2 atom stereocenters. The normalized spacial score (nSPS) is 28.2. The van der Waals surface area contributed by atoms with Crippen LogP contribution in [0.3, 0.4) is 0 Å². The zero-order chi connectivity index (χ0) is 14.8. The van der Waals surface area contributed by atoms with Crippen molar-refractivity contribution < 1.29 is 13.2 Å². The smallest absolute Gasteiger partial charge is 0.238 e. The lowest BCUT2D eigenvalue weighted by atomic mass is 10.0. The lowest BCUT2D eigenvalue weighted by Crippen LogP contribution is -2.48. The van der Waals surface area contributed by atoms with Gasteiger partial charge in [0.1, 0.15) is 5.75 Å². The van der Waals surface area contributed by atoms with Crippen LogP contribution in [0.25, 0.3) is 0 Å². The highest BCUT2D eigenvalue weighted by Gasteiger charge is 2.39. The Kier molecular flexibility index (Phi) is 5.07.